The Kier molecular flexibility index (Phi) is 5.32. The van der Waals surface area contributed by atoms with Crippen molar-refractivity contribution in [2.45, 2.75) is 20.3 Å². The third-order valence-corrected chi connectivity index (χ3v) is 5.32. The first-order valence-electron chi connectivity index (χ1n) is 9.62. The van der Waals surface area contributed by atoms with Gasteiger partial charge >= 0.3 is 0 Å². The summed E-state index contributed by atoms with van der Waals surface area (Å²) in [5.41, 5.74) is 5.90. The average molecular weight is 401 g/mol. The molecule has 0 radical (unpaired) electrons. The van der Waals surface area contributed by atoms with Crippen LogP contribution in [0.4, 0.5) is 5.69 Å². The smallest absolute Gasteiger partial charge is 0.256 e. The number of amides is 1. The number of halogens is 1. The number of anilines is 1. The summed E-state index contributed by atoms with van der Waals surface area (Å²) in [4.78, 5) is 18.1. The molecule has 1 heterocycles. The molecule has 0 spiro atoms. The zero-order chi connectivity index (χ0) is 20.4. The molecule has 4 rings (SSSR count). The number of rotatable bonds is 4. The Morgan fingerprint density at radius 1 is 1.00 bits per heavy atom. The molecule has 0 aliphatic heterocycles. The lowest BCUT2D eigenvalue weighted by atomic mass is 9.97. The van der Waals surface area contributed by atoms with Gasteiger partial charge in [0.05, 0.1) is 16.8 Å². The molecule has 29 heavy (non-hydrogen) atoms. The average Bonchev–Trinajstić information content (AvgIpc) is 2.73. The summed E-state index contributed by atoms with van der Waals surface area (Å²) in [6.45, 7) is 4.04. The van der Waals surface area contributed by atoms with Crippen molar-refractivity contribution in [2.75, 3.05) is 5.32 Å². The summed E-state index contributed by atoms with van der Waals surface area (Å²) >= 11 is 6.19. The zero-order valence-electron chi connectivity index (χ0n) is 16.4. The normalized spacial score (nSPS) is 10.9. The molecule has 1 aromatic heterocycles. The molecule has 0 bridgehead atoms. The van der Waals surface area contributed by atoms with Crippen LogP contribution in [0, 0.1) is 6.92 Å². The monoisotopic (exact) mass is 400 g/mol. The highest BCUT2D eigenvalue weighted by Crippen LogP contribution is 2.31. The largest absolute Gasteiger partial charge is 0.322 e. The van der Waals surface area contributed by atoms with Crippen LogP contribution >= 0.6 is 11.6 Å². The maximum absolute atomic E-state index is 13.3. The first-order valence-corrected chi connectivity index (χ1v) is 10.00. The number of para-hydroxylation sites is 1. The number of nitrogens with zero attached hydrogens (tertiary/aromatic N) is 1. The number of fused-ring (bicyclic) bond motifs is 1. The van der Waals surface area contributed by atoms with Crippen LogP contribution in [0.15, 0.2) is 72.8 Å². The van der Waals surface area contributed by atoms with Crippen molar-refractivity contribution < 1.29 is 4.79 Å². The Labute approximate surface area is 175 Å². The maximum Gasteiger partial charge on any atom is 0.256 e. The maximum atomic E-state index is 13.3. The van der Waals surface area contributed by atoms with Crippen LogP contribution in [-0.2, 0) is 6.42 Å². The third kappa shape index (κ3) is 3.87. The Hall–Kier alpha value is -3.17. The van der Waals surface area contributed by atoms with Crippen LogP contribution in [0.25, 0.3) is 22.2 Å². The molecule has 1 N–H and O–H groups in total. The van der Waals surface area contributed by atoms with Gasteiger partial charge in [-0.2, -0.15) is 0 Å². The quantitative estimate of drug-likeness (QED) is 0.415. The molecule has 0 fully saturated rings. The molecule has 3 aromatic carbocycles. The van der Waals surface area contributed by atoms with Gasteiger partial charge in [0.25, 0.3) is 5.91 Å². The van der Waals surface area contributed by atoms with E-state index in [0.29, 0.717) is 10.6 Å². The minimum absolute atomic E-state index is 0.145. The first-order chi connectivity index (χ1) is 14.1. The summed E-state index contributed by atoms with van der Waals surface area (Å²) in [6, 6.07) is 23.2. The van der Waals surface area contributed by atoms with Crippen molar-refractivity contribution in [1.82, 2.24) is 4.98 Å². The summed E-state index contributed by atoms with van der Waals surface area (Å²) in [5, 5.41) is 4.51. The van der Waals surface area contributed by atoms with Gasteiger partial charge in [-0.15, -0.1) is 0 Å². The topological polar surface area (TPSA) is 42.0 Å². The van der Waals surface area contributed by atoms with Gasteiger partial charge in [-0.1, -0.05) is 61.0 Å². The van der Waals surface area contributed by atoms with Gasteiger partial charge in [0.1, 0.15) is 0 Å². The number of aryl methyl sites for hydroxylation is 1. The van der Waals surface area contributed by atoms with Crippen molar-refractivity contribution in [3.63, 3.8) is 0 Å². The summed E-state index contributed by atoms with van der Waals surface area (Å²) in [5.74, 6) is -0.145. The van der Waals surface area contributed by atoms with Gasteiger partial charge in [0, 0.05) is 21.7 Å². The highest BCUT2D eigenvalue weighted by atomic mass is 35.5. The number of carbonyl (C=O) groups excluding carboxylic acids is 1. The van der Waals surface area contributed by atoms with Crippen molar-refractivity contribution in [3.8, 4) is 11.3 Å². The predicted molar refractivity (Wildman–Crippen MR) is 121 cm³/mol. The minimum atomic E-state index is -0.145. The Morgan fingerprint density at radius 2 is 1.76 bits per heavy atom. The number of hydrogen-bond donors (Lipinski definition) is 1. The molecule has 0 atom stereocenters. The van der Waals surface area contributed by atoms with Crippen molar-refractivity contribution in [2.24, 2.45) is 0 Å². The van der Waals surface area contributed by atoms with E-state index in [9.17, 15) is 4.79 Å². The Balaban J connectivity index is 1.83. The lowest BCUT2D eigenvalue weighted by Crippen LogP contribution is -2.15. The number of hydrogen-bond acceptors (Lipinski definition) is 2. The number of carbonyl (C=O) groups is 1. The van der Waals surface area contributed by atoms with Crippen LogP contribution < -0.4 is 5.32 Å². The molecular formula is C25H21ClN2O. The molecule has 1 amide bonds. The second kappa shape index (κ2) is 8.06. The Bertz CT molecular complexity index is 1200. The van der Waals surface area contributed by atoms with E-state index in [0.717, 1.165) is 39.8 Å². The lowest BCUT2D eigenvalue weighted by molar-refractivity contribution is 0.102. The number of nitrogens with one attached hydrogen (secondary N) is 1. The van der Waals surface area contributed by atoms with E-state index in [2.05, 4.69) is 12.2 Å². The molecule has 4 aromatic rings. The number of pyridine rings is 1. The SMILES string of the molecule is CCc1ccc(NC(=O)c2c(C)c(-c3cccc(Cl)c3)nc3ccccc23)cc1. The molecule has 0 saturated heterocycles. The highest BCUT2D eigenvalue weighted by molar-refractivity contribution is 6.30. The first kappa shape index (κ1) is 19.2. The van der Waals surface area contributed by atoms with E-state index in [-0.39, 0.29) is 5.91 Å². The molecule has 0 saturated carbocycles. The summed E-state index contributed by atoms with van der Waals surface area (Å²) < 4.78 is 0. The van der Waals surface area contributed by atoms with E-state index in [1.54, 1.807) is 0 Å². The molecular weight excluding hydrogens is 380 g/mol. The van der Waals surface area contributed by atoms with E-state index >= 15 is 0 Å². The van der Waals surface area contributed by atoms with E-state index in [1.807, 2.05) is 79.7 Å². The van der Waals surface area contributed by atoms with Gasteiger partial charge in [0.15, 0.2) is 0 Å². The van der Waals surface area contributed by atoms with Crippen molar-refractivity contribution in [1.29, 1.82) is 0 Å². The fourth-order valence-corrected chi connectivity index (χ4v) is 3.72. The molecule has 0 unspecified atom stereocenters. The third-order valence-electron chi connectivity index (χ3n) is 5.08. The molecule has 3 nitrogen and oxygen atoms in total. The van der Waals surface area contributed by atoms with E-state index < -0.39 is 0 Å². The second-order valence-corrected chi connectivity index (χ2v) is 7.43. The van der Waals surface area contributed by atoms with E-state index in [4.69, 9.17) is 16.6 Å². The Morgan fingerprint density at radius 3 is 2.48 bits per heavy atom. The second-order valence-electron chi connectivity index (χ2n) is 6.99. The van der Waals surface area contributed by atoms with Crippen LogP contribution in [0.1, 0.15) is 28.4 Å². The van der Waals surface area contributed by atoms with Gasteiger partial charge < -0.3 is 5.32 Å². The number of aromatic nitrogens is 1. The van der Waals surface area contributed by atoms with Gasteiger partial charge in [0.2, 0.25) is 0 Å². The van der Waals surface area contributed by atoms with Crippen molar-refractivity contribution >= 4 is 34.1 Å². The van der Waals surface area contributed by atoms with Crippen molar-refractivity contribution in [3.05, 3.63) is 94.5 Å². The molecule has 4 heteroatoms. The fraction of sp³-hybridized carbons (Fsp3) is 0.120. The van der Waals surface area contributed by atoms with E-state index in [1.165, 1.54) is 5.56 Å². The van der Waals surface area contributed by atoms with Crippen LogP contribution in [0.2, 0.25) is 5.02 Å². The summed E-state index contributed by atoms with van der Waals surface area (Å²) in [7, 11) is 0. The molecule has 144 valence electrons. The molecule has 0 aliphatic rings. The molecule has 0 aliphatic carbocycles. The van der Waals surface area contributed by atoms with Gasteiger partial charge in [-0.25, -0.2) is 4.98 Å². The fourth-order valence-electron chi connectivity index (χ4n) is 3.53. The predicted octanol–water partition coefficient (Wildman–Crippen LogP) is 6.68. The van der Waals surface area contributed by atoms with Crippen LogP contribution in [0.3, 0.4) is 0 Å². The highest BCUT2D eigenvalue weighted by Gasteiger charge is 2.19. The zero-order valence-corrected chi connectivity index (χ0v) is 17.1. The number of benzene rings is 3. The lowest BCUT2D eigenvalue weighted by Gasteiger charge is -2.15. The standard InChI is InChI=1S/C25H21ClN2O/c1-3-17-11-13-20(14-12-17)27-25(29)23-16(2)24(18-7-6-8-19(26)15-18)28-22-10-5-4-9-21(22)23/h4-15H,3H2,1-2H3,(H,27,29). The van der Waals surface area contributed by atoms with Gasteiger partial charge in [-0.3, -0.25) is 4.79 Å². The van der Waals surface area contributed by atoms with Gasteiger partial charge in [-0.05, 0) is 54.8 Å². The summed E-state index contributed by atoms with van der Waals surface area (Å²) in [6.07, 6.45) is 0.964. The van der Waals surface area contributed by atoms with Crippen LogP contribution in [-0.4, -0.2) is 10.9 Å². The van der Waals surface area contributed by atoms with Crippen LogP contribution in [0.5, 0.6) is 0 Å². The minimum Gasteiger partial charge on any atom is -0.322 e.